The van der Waals surface area contributed by atoms with Crippen LogP contribution in [0.15, 0.2) is 12.4 Å². The van der Waals surface area contributed by atoms with Crippen LogP contribution in [0.1, 0.15) is 39.4 Å². The molecule has 1 fully saturated rings. The zero-order valence-electron chi connectivity index (χ0n) is 11.1. The number of nitrogens with one attached hydrogen (secondary N) is 1. The van der Waals surface area contributed by atoms with E-state index < -0.39 is 0 Å². The van der Waals surface area contributed by atoms with Crippen LogP contribution in [-0.2, 0) is 14.9 Å². The predicted molar refractivity (Wildman–Crippen MR) is 68.3 cm³/mol. The van der Waals surface area contributed by atoms with E-state index in [-0.39, 0.29) is 17.4 Å². The van der Waals surface area contributed by atoms with Crippen molar-refractivity contribution in [3.8, 4) is 0 Å². The summed E-state index contributed by atoms with van der Waals surface area (Å²) in [7, 11) is 0. The smallest absolute Gasteiger partial charge is 0.253 e. The van der Waals surface area contributed by atoms with Gasteiger partial charge in [-0.1, -0.05) is 20.8 Å². The van der Waals surface area contributed by atoms with Crippen molar-refractivity contribution in [2.45, 2.75) is 45.1 Å². The van der Waals surface area contributed by atoms with Crippen molar-refractivity contribution in [3.63, 3.8) is 0 Å². The third kappa shape index (κ3) is 3.04. The Kier molecular flexibility index (Phi) is 3.61. The van der Waals surface area contributed by atoms with Gasteiger partial charge in [0.25, 0.3) is 5.91 Å². The van der Waals surface area contributed by atoms with Gasteiger partial charge in [0.15, 0.2) is 0 Å². The molecule has 0 saturated carbocycles. The number of hydrogen-bond donors (Lipinski definition) is 1. The molecule has 1 aliphatic rings. The van der Waals surface area contributed by atoms with E-state index in [1.165, 1.54) is 0 Å². The van der Waals surface area contributed by atoms with Crippen LogP contribution in [0.2, 0.25) is 0 Å². The van der Waals surface area contributed by atoms with Crippen LogP contribution in [0.5, 0.6) is 0 Å². The van der Waals surface area contributed by atoms with E-state index in [1.807, 2.05) is 20.8 Å². The fraction of sp³-hybridized carbons (Fsp3) is 0.615. The van der Waals surface area contributed by atoms with Crippen molar-refractivity contribution in [3.05, 3.63) is 18.2 Å². The lowest BCUT2D eigenvalue weighted by Gasteiger charge is -2.16. The van der Waals surface area contributed by atoms with Crippen LogP contribution >= 0.6 is 0 Å². The minimum absolute atomic E-state index is 0.0862. The molecule has 1 aromatic heterocycles. The SMILES string of the molecule is CC(C)(C)c1ncc(NC(=O)C2CCCO2)cn1. The zero-order chi connectivity index (χ0) is 13.2. The number of hydrogen-bond acceptors (Lipinski definition) is 4. The number of anilines is 1. The van der Waals surface area contributed by atoms with Gasteiger partial charge in [0.2, 0.25) is 0 Å². The van der Waals surface area contributed by atoms with Crippen LogP contribution in [0.3, 0.4) is 0 Å². The van der Waals surface area contributed by atoms with E-state index in [0.29, 0.717) is 12.3 Å². The molecule has 0 aliphatic carbocycles. The summed E-state index contributed by atoms with van der Waals surface area (Å²) in [5.41, 5.74) is 0.528. The number of nitrogens with zero attached hydrogens (tertiary/aromatic N) is 2. The van der Waals surface area contributed by atoms with Crippen molar-refractivity contribution in [2.24, 2.45) is 0 Å². The molecule has 1 atom stereocenters. The molecule has 18 heavy (non-hydrogen) atoms. The maximum atomic E-state index is 11.8. The molecular weight excluding hydrogens is 230 g/mol. The van der Waals surface area contributed by atoms with Crippen molar-refractivity contribution in [2.75, 3.05) is 11.9 Å². The van der Waals surface area contributed by atoms with E-state index in [1.54, 1.807) is 12.4 Å². The van der Waals surface area contributed by atoms with E-state index in [4.69, 9.17) is 4.74 Å². The summed E-state index contributed by atoms with van der Waals surface area (Å²) in [5.74, 6) is 0.650. The number of carbonyl (C=O) groups is 1. The first kappa shape index (κ1) is 13.0. The second kappa shape index (κ2) is 5.02. The van der Waals surface area contributed by atoms with Crippen molar-refractivity contribution >= 4 is 11.6 Å². The maximum absolute atomic E-state index is 11.8. The first-order valence-electron chi connectivity index (χ1n) is 6.22. The summed E-state index contributed by atoms with van der Waals surface area (Å²) in [6.45, 7) is 6.81. The normalized spacial score (nSPS) is 19.8. The standard InChI is InChI=1S/C13H19N3O2/c1-13(2,3)12-14-7-9(8-15-12)16-11(17)10-5-4-6-18-10/h7-8,10H,4-6H2,1-3H3,(H,16,17). The van der Waals surface area contributed by atoms with Gasteiger partial charge in [0.1, 0.15) is 11.9 Å². The number of rotatable bonds is 2. The van der Waals surface area contributed by atoms with Crippen LogP contribution in [0, 0.1) is 0 Å². The highest BCUT2D eigenvalue weighted by Gasteiger charge is 2.24. The van der Waals surface area contributed by atoms with Crippen LogP contribution in [0.25, 0.3) is 0 Å². The maximum Gasteiger partial charge on any atom is 0.253 e. The molecule has 1 unspecified atom stereocenters. The molecule has 0 radical (unpaired) electrons. The second-order valence-electron chi connectivity index (χ2n) is 5.54. The Morgan fingerprint density at radius 2 is 2.06 bits per heavy atom. The molecule has 2 rings (SSSR count). The van der Waals surface area contributed by atoms with Gasteiger partial charge in [0, 0.05) is 12.0 Å². The van der Waals surface area contributed by atoms with E-state index in [9.17, 15) is 4.79 Å². The second-order valence-corrected chi connectivity index (χ2v) is 5.54. The third-order valence-corrected chi connectivity index (χ3v) is 2.81. The predicted octanol–water partition coefficient (Wildman–Crippen LogP) is 1.89. The van der Waals surface area contributed by atoms with Crippen LogP contribution in [-0.4, -0.2) is 28.6 Å². The van der Waals surface area contributed by atoms with Crippen molar-refractivity contribution < 1.29 is 9.53 Å². The van der Waals surface area contributed by atoms with Gasteiger partial charge in [-0.3, -0.25) is 4.79 Å². The lowest BCUT2D eigenvalue weighted by atomic mass is 9.96. The van der Waals surface area contributed by atoms with Crippen LogP contribution < -0.4 is 5.32 Å². The molecule has 5 heteroatoms. The van der Waals surface area contributed by atoms with Gasteiger partial charge in [0.05, 0.1) is 18.1 Å². The van der Waals surface area contributed by atoms with Gasteiger partial charge >= 0.3 is 0 Å². The minimum atomic E-state index is -0.327. The Hall–Kier alpha value is -1.49. The Morgan fingerprint density at radius 3 is 2.56 bits per heavy atom. The molecule has 0 bridgehead atoms. The van der Waals surface area contributed by atoms with Crippen molar-refractivity contribution in [1.82, 2.24) is 9.97 Å². The summed E-state index contributed by atoms with van der Waals surface area (Å²) >= 11 is 0. The van der Waals surface area contributed by atoms with Gasteiger partial charge in [-0.25, -0.2) is 9.97 Å². The van der Waals surface area contributed by atoms with Crippen molar-refractivity contribution in [1.29, 1.82) is 0 Å². The quantitative estimate of drug-likeness (QED) is 0.869. The molecule has 1 aromatic rings. The molecule has 5 nitrogen and oxygen atoms in total. The molecule has 0 aromatic carbocycles. The summed E-state index contributed by atoms with van der Waals surface area (Å²) in [5, 5.41) is 2.77. The molecule has 1 aliphatic heterocycles. The highest BCUT2D eigenvalue weighted by Crippen LogP contribution is 2.19. The fourth-order valence-corrected chi connectivity index (χ4v) is 1.79. The van der Waals surface area contributed by atoms with Gasteiger partial charge in [-0.05, 0) is 12.8 Å². The zero-order valence-corrected chi connectivity index (χ0v) is 11.1. The lowest BCUT2D eigenvalue weighted by molar-refractivity contribution is -0.124. The van der Waals surface area contributed by atoms with Gasteiger partial charge in [-0.2, -0.15) is 0 Å². The fourth-order valence-electron chi connectivity index (χ4n) is 1.79. The Labute approximate surface area is 107 Å². The monoisotopic (exact) mass is 249 g/mol. The molecule has 1 N–H and O–H groups in total. The molecule has 0 spiro atoms. The Morgan fingerprint density at radius 1 is 1.39 bits per heavy atom. The summed E-state index contributed by atoms with van der Waals surface area (Å²) < 4.78 is 5.31. The average Bonchev–Trinajstić information content (AvgIpc) is 2.82. The summed E-state index contributed by atoms with van der Waals surface area (Å²) in [6, 6.07) is 0. The Balaban J connectivity index is 2.00. The van der Waals surface area contributed by atoms with E-state index in [0.717, 1.165) is 18.7 Å². The number of ether oxygens (including phenoxy) is 1. The first-order chi connectivity index (χ1) is 8.47. The molecule has 1 amide bonds. The van der Waals surface area contributed by atoms with Crippen LogP contribution in [0.4, 0.5) is 5.69 Å². The third-order valence-electron chi connectivity index (χ3n) is 2.81. The molecule has 1 saturated heterocycles. The highest BCUT2D eigenvalue weighted by atomic mass is 16.5. The summed E-state index contributed by atoms with van der Waals surface area (Å²) in [4.78, 5) is 20.3. The number of amides is 1. The lowest BCUT2D eigenvalue weighted by Crippen LogP contribution is -2.27. The Bertz CT molecular complexity index is 417. The average molecular weight is 249 g/mol. The van der Waals surface area contributed by atoms with E-state index >= 15 is 0 Å². The minimum Gasteiger partial charge on any atom is -0.368 e. The molecule has 2 heterocycles. The topological polar surface area (TPSA) is 64.1 Å². The highest BCUT2D eigenvalue weighted by molar-refractivity contribution is 5.94. The van der Waals surface area contributed by atoms with E-state index in [2.05, 4.69) is 15.3 Å². The first-order valence-corrected chi connectivity index (χ1v) is 6.22. The number of carbonyl (C=O) groups excluding carboxylic acids is 1. The summed E-state index contributed by atoms with van der Waals surface area (Å²) in [6.07, 6.45) is 4.68. The molecular formula is C13H19N3O2. The van der Waals surface area contributed by atoms with Gasteiger partial charge < -0.3 is 10.1 Å². The van der Waals surface area contributed by atoms with Gasteiger partial charge in [-0.15, -0.1) is 0 Å². The largest absolute Gasteiger partial charge is 0.368 e. The number of aromatic nitrogens is 2. The molecule has 98 valence electrons.